The Labute approximate surface area is 154 Å². The number of aromatic amines is 1. The van der Waals surface area contributed by atoms with Crippen LogP contribution in [0.25, 0.3) is 17.1 Å². The van der Waals surface area contributed by atoms with Gasteiger partial charge in [-0.3, -0.25) is 4.79 Å². The van der Waals surface area contributed by atoms with Crippen LogP contribution in [0.1, 0.15) is 11.4 Å². The summed E-state index contributed by atoms with van der Waals surface area (Å²) in [4.78, 5) is 19.7. The lowest BCUT2D eigenvalue weighted by Gasteiger charge is -2.03. The fraction of sp³-hybridized carbons (Fsp3) is 0.158. The number of para-hydroxylation sites is 2. The Morgan fingerprint density at radius 3 is 2.92 bits per heavy atom. The van der Waals surface area contributed by atoms with Crippen LogP contribution in [0.5, 0.6) is 5.75 Å². The first kappa shape index (κ1) is 17.2. The summed E-state index contributed by atoms with van der Waals surface area (Å²) in [7, 11) is 1.62. The minimum Gasteiger partial charge on any atom is -0.496 e. The van der Waals surface area contributed by atoms with Gasteiger partial charge < -0.3 is 15.0 Å². The Morgan fingerprint density at radius 1 is 1.32 bits per heavy atom. The number of carbonyl (C=O) groups is 1. The van der Waals surface area contributed by atoms with E-state index in [-0.39, 0.29) is 5.91 Å². The number of halogens is 1. The van der Waals surface area contributed by atoms with Crippen LogP contribution in [-0.4, -0.2) is 29.5 Å². The molecule has 0 atom stereocenters. The molecule has 3 aromatic rings. The summed E-state index contributed by atoms with van der Waals surface area (Å²) in [6, 6.07) is 13.5. The second-order valence-corrected chi connectivity index (χ2v) is 6.32. The lowest BCUT2D eigenvalue weighted by Crippen LogP contribution is -2.23. The number of ether oxygens (including phenoxy) is 1. The molecular formula is C19H18BrN3O2. The Morgan fingerprint density at radius 2 is 2.16 bits per heavy atom. The number of nitrogens with one attached hydrogen (secondary N) is 2. The minimum atomic E-state index is -0.136. The van der Waals surface area contributed by atoms with Gasteiger partial charge in [0.05, 0.1) is 22.6 Å². The molecule has 128 valence electrons. The van der Waals surface area contributed by atoms with Gasteiger partial charge in [0.1, 0.15) is 11.6 Å². The second-order valence-electron chi connectivity index (χ2n) is 5.47. The molecule has 6 heteroatoms. The summed E-state index contributed by atoms with van der Waals surface area (Å²) in [6.07, 6.45) is 3.94. The highest BCUT2D eigenvalue weighted by atomic mass is 79.9. The van der Waals surface area contributed by atoms with Gasteiger partial charge in [0.15, 0.2) is 0 Å². The quantitative estimate of drug-likeness (QED) is 0.620. The zero-order chi connectivity index (χ0) is 17.6. The molecular weight excluding hydrogens is 382 g/mol. The van der Waals surface area contributed by atoms with Crippen LogP contribution >= 0.6 is 15.9 Å². The Kier molecular flexibility index (Phi) is 5.50. The van der Waals surface area contributed by atoms with E-state index in [1.807, 2.05) is 42.5 Å². The van der Waals surface area contributed by atoms with Crippen LogP contribution in [0.15, 0.2) is 53.0 Å². The zero-order valence-corrected chi connectivity index (χ0v) is 15.3. The first-order valence-corrected chi connectivity index (χ1v) is 8.68. The number of aromatic nitrogens is 2. The highest BCUT2D eigenvalue weighted by Crippen LogP contribution is 2.25. The molecule has 1 amide bonds. The lowest BCUT2D eigenvalue weighted by molar-refractivity contribution is -0.116. The maximum Gasteiger partial charge on any atom is 0.244 e. The van der Waals surface area contributed by atoms with E-state index in [9.17, 15) is 4.79 Å². The third kappa shape index (κ3) is 4.48. The second kappa shape index (κ2) is 7.98. The van der Waals surface area contributed by atoms with Gasteiger partial charge in [0.2, 0.25) is 5.91 Å². The molecule has 1 aromatic heterocycles. The van der Waals surface area contributed by atoms with Crippen molar-refractivity contribution < 1.29 is 9.53 Å². The van der Waals surface area contributed by atoms with E-state index in [4.69, 9.17) is 4.74 Å². The molecule has 25 heavy (non-hydrogen) atoms. The first-order chi connectivity index (χ1) is 12.2. The molecule has 2 aromatic carbocycles. The summed E-state index contributed by atoms with van der Waals surface area (Å²) in [5, 5.41) is 2.86. The molecule has 0 unspecified atom stereocenters. The van der Waals surface area contributed by atoms with E-state index in [0.717, 1.165) is 32.6 Å². The van der Waals surface area contributed by atoms with E-state index >= 15 is 0 Å². The standard InChI is InChI=1S/C19H18BrN3O2/c1-25-17-8-6-13(12-14(17)20)7-9-19(24)21-11-10-18-22-15-4-2-3-5-16(15)23-18/h2-9,12H,10-11H2,1H3,(H,21,24)(H,22,23). The summed E-state index contributed by atoms with van der Waals surface area (Å²) >= 11 is 3.43. The van der Waals surface area contributed by atoms with Gasteiger partial charge in [-0.15, -0.1) is 0 Å². The van der Waals surface area contributed by atoms with Gasteiger partial charge in [-0.25, -0.2) is 4.98 Å². The topological polar surface area (TPSA) is 67.0 Å². The third-order valence-corrected chi connectivity index (χ3v) is 4.32. The van der Waals surface area contributed by atoms with E-state index < -0.39 is 0 Å². The van der Waals surface area contributed by atoms with E-state index in [1.54, 1.807) is 13.2 Å². The molecule has 2 N–H and O–H groups in total. The van der Waals surface area contributed by atoms with E-state index in [1.165, 1.54) is 6.08 Å². The Balaban J connectivity index is 1.51. The number of hydrogen-bond donors (Lipinski definition) is 2. The highest BCUT2D eigenvalue weighted by Gasteiger charge is 2.03. The number of benzene rings is 2. The van der Waals surface area contributed by atoms with Gasteiger partial charge in [-0.05, 0) is 51.8 Å². The van der Waals surface area contributed by atoms with Gasteiger partial charge >= 0.3 is 0 Å². The molecule has 5 nitrogen and oxygen atoms in total. The van der Waals surface area contributed by atoms with Crippen LogP contribution in [-0.2, 0) is 11.2 Å². The van der Waals surface area contributed by atoms with Crippen molar-refractivity contribution in [3.05, 3.63) is 64.4 Å². The number of rotatable bonds is 6. The Bertz CT molecular complexity index is 885. The molecule has 1 heterocycles. The normalized spacial score (nSPS) is 11.1. The molecule has 0 saturated carbocycles. The first-order valence-electron chi connectivity index (χ1n) is 7.89. The molecule has 0 aliphatic rings. The number of hydrogen-bond acceptors (Lipinski definition) is 3. The molecule has 3 rings (SSSR count). The summed E-state index contributed by atoms with van der Waals surface area (Å²) in [6.45, 7) is 0.523. The van der Waals surface area contributed by atoms with Crippen molar-refractivity contribution in [2.45, 2.75) is 6.42 Å². The van der Waals surface area contributed by atoms with Gasteiger partial charge in [0, 0.05) is 19.0 Å². The summed E-state index contributed by atoms with van der Waals surface area (Å²) < 4.78 is 6.03. The van der Waals surface area contributed by atoms with Crippen LogP contribution in [0.3, 0.4) is 0 Å². The van der Waals surface area contributed by atoms with Crippen molar-refractivity contribution in [3.8, 4) is 5.75 Å². The lowest BCUT2D eigenvalue weighted by atomic mass is 10.2. The average molecular weight is 400 g/mol. The predicted molar refractivity (Wildman–Crippen MR) is 103 cm³/mol. The molecule has 0 spiro atoms. The monoisotopic (exact) mass is 399 g/mol. The number of H-pyrrole nitrogens is 1. The summed E-state index contributed by atoms with van der Waals surface area (Å²) in [5.41, 5.74) is 2.86. The SMILES string of the molecule is COc1ccc(C=CC(=O)NCCc2nc3ccccc3[nH]2)cc1Br. The average Bonchev–Trinajstić information content (AvgIpc) is 3.03. The fourth-order valence-electron chi connectivity index (χ4n) is 2.45. The van der Waals surface area contributed by atoms with Crippen molar-refractivity contribution in [3.63, 3.8) is 0 Å². The number of imidazole rings is 1. The Hall–Kier alpha value is -2.60. The summed E-state index contributed by atoms with van der Waals surface area (Å²) in [5.74, 6) is 1.49. The molecule has 0 saturated heterocycles. The zero-order valence-electron chi connectivity index (χ0n) is 13.8. The predicted octanol–water partition coefficient (Wildman–Crippen LogP) is 3.71. The molecule has 0 aliphatic carbocycles. The van der Waals surface area contributed by atoms with Gasteiger partial charge in [-0.2, -0.15) is 0 Å². The van der Waals surface area contributed by atoms with Crippen molar-refractivity contribution in [2.24, 2.45) is 0 Å². The fourth-order valence-corrected chi connectivity index (χ4v) is 3.00. The number of methoxy groups -OCH3 is 1. The molecule has 0 fully saturated rings. The van der Waals surface area contributed by atoms with Gasteiger partial charge in [0.25, 0.3) is 0 Å². The number of carbonyl (C=O) groups excluding carboxylic acids is 1. The van der Waals surface area contributed by atoms with Crippen LogP contribution in [0.2, 0.25) is 0 Å². The van der Waals surface area contributed by atoms with Crippen molar-refractivity contribution in [1.82, 2.24) is 15.3 Å². The number of amides is 1. The van der Waals surface area contributed by atoms with E-state index in [2.05, 4.69) is 31.2 Å². The van der Waals surface area contributed by atoms with Crippen LogP contribution < -0.4 is 10.1 Å². The molecule has 0 radical (unpaired) electrons. The highest BCUT2D eigenvalue weighted by molar-refractivity contribution is 9.10. The number of fused-ring (bicyclic) bond motifs is 1. The molecule has 0 aliphatic heterocycles. The van der Waals surface area contributed by atoms with Crippen molar-refractivity contribution in [2.75, 3.05) is 13.7 Å². The largest absolute Gasteiger partial charge is 0.496 e. The van der Waals surface area contributed by atoms with E-state index in [0.29, 0.717) is 13.0 Å². The third-order valence-electron chi connectivity index (χ3n) is 3.70. The number of nitrogens with zero attached hydrogens (tertiary/aromatic N) is 1. The van der Waals surface area contributed by atoms with Gasteiger partial charge in [-0.1, -0.05) is 18.2 Å². The maximum atomic E-state index is 11.9. The maximum absolute atomic E-state index is 11.9. The van der Waals surface area contributed by atoms with Crippen LogP contribution in [0.4, 0.5) is 0 Å². The smallest absolute Gasteiger partial charge is 0.244 e. The molecule has 0 bridgehead atoms. The van der Waals surface area contributed by atoms with Crippen molar-refractivity contribution in [1.29, 1.82) is 0 Å². The van der Waals surface area contributed by atoms with Crippen LogP contribution in [0, 0.1) is 0 Å². The van der Waals surface area contributed by atoms with Crippen molar-refractivity contribution >= 4 is 38.9 Å². The minimum absolute atomic E-state index is 0.136.